The minimum atomic E-state index is -0.804. The lowest BCUT2D eigenvalue weighted by Crippen LogP contribution is -2.33. The molecule has 0 saturated carbocycles. The van der Waals surface area contributed by atoms with Gasteiger partial charge in [0, 0.05) is 5.88 Å². The van der Waals surface area contributed by atoms with Crippen LogP contribution in [0.25, 0.3) is 0 Å². The average molecular weight is 423 g/mol. The molecule has 4 heteroatoms. The van der Waals surface area contributed by atoms with E-state index >= 15 is 0 Å². The van der Waals surface area contributed by atoms with Crippen molar-refractivity contribution in [3.05, 3.63) is 107 Å². The zero-order valence-electron chi connectivity index (χ0n) is 17.6. The lowest BCUT2D eigenvalue weighted by atomic mass is 9.80. The van der Waals surface area contributed by atoms with E-state index in [4.69, 9.17) is 25.8 Å². The van der Waals surface area contributed by atoms with Crippen LogP contribution in [0.4, 0.5) is 0 Å². The van der Waals surface area contributed by atoms with E-state index in [1.807, 2.05) is 55.5 Å². The molecule has 3 aromatic carbocycles. The van der Waals surface area contributed by atoms with Gasteiger partial charge in [-0.3, -0.25) is 0 Å². The van der Waals surface area contributed by atoms with Crippen LogP contribution in [-0.2, 0) is 10.3 Å². The summed E-state index contributed by atoms with van der Waals surface area (Å²) in [6.45, 7) is 2.47. The molecule has 0 atom stereocenters. The van der Waals surface area contributed by atoms with Crippen molar-refractivity contribution in [2.45, 2.75) is 12.5 Å². The Kier molecular flexibility index (Phi) is 7.56. The maximum absolute atomic E-state index is 6.74. The zero-order chi connectivity index (χ0) is 21.4. The van der Waals surface area contributed by atoms with Crippen molar-refractivity contribution in [1.82, 2.24) is 0 Å². The van der Waals surface area contributed by atoms with E-state index < -0.39 is 5.60 Å². The minimum absolute atomic E-state index is 0.444. The molecule has 30 heavy (non-hydrogen) atoms. The molecular formula is C26H27ClO3. The molecule has 0 unspecified atom stereocenters. The Morgan fingerprint density at radius 1 is 0.767 bits per heavy atom. The summed E-state index contributed by atoms with van der Waals surface area (Å²) in [5.74, 6) is 2.06. The van der Waals surface area contributed by atoms with Gasteiger partial charge in [-0.2, -0.15) is 0 Å². The number of hydrogen-bond acceptors (Lipinski definition) is 3. The van der Waals surface area contributed by atoms with Crippen LogP contribution in [-0.4, -0.2) is 26.7 Å². The quantitative estimate of drug-likeness (QED) is 0.233. The summed E-state index contributed by atoms with van der Waals surface area (Å²) in [5.41, 5.74) is 3.34. The van der Waals surface area contributed by atoms with E-state index in [2.05, 4.69) is 36.4 Å². The molecule has 0 spiro atoms. The molecule has 3 rings (SSSR count). The average Bonchev–Trinajstić information content (AvgIpc) is 2.81. The zero-order valence-corrected chi connectivity index (χ0v) is 18.4. The van der Waals surface area contributed by atoms with Crippen molar-refractivity contribution in [2.24, 2.45) is 0 Å². The summed E-state index contributed by atoms with van der Waals surface area (Å²) >= 11 is 5.90. The highest BCUT2D eigenvalue weighted by Crippen LogP contribution is 2.41. The number of halogens is 1. The molecule has 0 radical (unpaired) electrons. The highest BCUT2D eigenvalue weighted by atomic mass is 35.5. The molecule has 156 valence electrons. The second kappa shape index (κ2) is 10.3. The number of hydrogen-bond donors (Lipinski definition) is 0. The van der Waals surface area contributed by atoms with Crippen LogP contribution in [0.3, 0.4) is 0 Å². The molecule has 0 amide bonds. The third-order valence-electron chi connectivity index (χ3n) is 5.12. The van der Waals surface area contributed by atoms with E-state index in [0.717, 1.165) is 33.8 Å². The Bertz CT molecular complexity index is 900. The van der Waals surface area contributed by atoms with E-state index in [9.17, 15) is 0 Å². The molecule has 0 aliphatic heterocycles. The van der Waals surface area contributed by atoms with E-state index in [0.29, 0.717) is 12.5 Å². The number of benzene rings is 3. The smallest absolute Gasteiger partial charge is 0.144 e. The van der Waals surface area contributed by atoms with Gasteiger partial charge < -0.3 is 14.2 Å². The van der Waals surface area contributed by atoms with Gasteiger partial charge >= 0.3 is 0 Å². The molecular weight excluding hydrogens is 396 g/mol. The SMILES string of the molecule is COc1ccc(C(OC/C(C)=C\CCl)(c2ccccc2)c2ccc(OC)cc2)cc1. The maximum Gasteiger partial charge on any atom is 0.144 e. The Labute approximate surface area is 183 Å². The Balaban J connectivity index is 2.21. The second-order valence-corrected chi connectivity index (χ2v) is 7.31. The summed E-state index contributed by atoms with van der Waals surface area (Å²) in [4.78, 5) is 0. The number of rotatable bonds is 9. The van der Waals surface area contributed by atoms with Gasteiger partial charge in [0.1, 0.15) is 17.1 Å². The molecule has 0 heterocycles. The van der Waals surface area contributed by atoms with Crippen molar-refractivity contribution in [2.75, 3.05) is 26.7 Å². The fraction of sp³-hybridized carbons (Fsp3) is 0.231. The first-order valence-electron chi connectivity index (χ1n) is 9.84. The molecule has 3 aromatic rings. The first-order valence-corrected chi connectivity index (χ1v) is 10.4. The van der Waals surface area contributed by atoms with Crippen molar-refractivity contribution < 1.29 is 14.2 Å². The molecule has 0 fully saturated rings. The fourth-order valence-electron chi connectivity index (χ4n) is 3.49. The third-order valence-corrected chi connectivity index (χ3v) is 5.27. The topological polar surface area (TPSA) is 27.7 Å². The van der Waals surface area contributed by atoms with Crippen molar-refractivity contribution in [1.29, 1.82) is 0 Å². The molecule has 0 saturated heterocycles. The predicted molar refractivity (Wildman–Crippen MR) is 123 cm³/mol. The standard InChI is InChI=1S/C26H27ClO3/c1-20(17-18-27)19-30-26(21-7-5-4-6-8-21,22-9-13-24(28-2)14-10-22)23-11-15-25(29-3)16-12-23/h4-17H,18-19H2,1-3H3/b20-17-. The number of methoxy groups -OCH3 is 2. The van der Waals surface area contributed by atoms with Gasteiger partial charge in [-0.15, -0.1) is 11.6 Å². The van der Waals surface area contributed by atoms with Gasteiger partial charge in [0.05, 0.1) is 20.8 Å². The minimum Gasteiger partial charge on any atom is -0.497 e. The normalized spacial score (nSPS) is 11.9. The first kappa shape index (κ1) is 21.9. The third kappa shape index (κ3) is 4.69. The molecule has 0 N–H and O–H groups in total. The highest BCUT2D eigenvalue weighted by Gasteiger charge is 2.37. The second-order valence-electron chi connectivity index (χ2n) is 7.00. The van der Waals surface area contributed by atoms with Crippen LogP contribution in [0.2, 0.25) is 0 Å². The number of ether oxygens (including phenoxy) is 3. The summed E-state index contributed by atoms with van der Waals surface area (Å²) < 4.78 is 17.5. The van der Waals surface area contributed by atoms with Crippen LogP contribution >= 0.6 is 11.6 Å². The van der Waals surface area contributed by atoms with Gasteiger partial charge in [-0.1, -0.05) is 66.2 Å². The van der Waals surface area contributed by atoms with E-state index in [1.54, 1.807) is 14.2 Å². The summed E-state index contributed by atoms with van der Waals surface area (Å²) in [7, 11) is 3.33. The molecule has 0 bridgehead atoms. The predicted octanol–water partition coefficient (Wildman–Crippen LogP) is 6.20. The molecule has 0 aliphatic carbocycles. The van der Waals surface area contributed by atoms with Crippen LogP contribution < -0.4 is 9.47 Å². The van der Waals surface area contributed by atoms with Gasteiger partial charge in [0.25, 0.3) is 0 Å². The number of alkyl halides is 1. The van der Waals surface area contributed by atoms with Crippen molar-refractivity contribution >= 4 is 11.6 Å². The highest BCUT2D eigenvalue weighted by molar-refractivity contribution is 6.18. The van der Waals surface area contributed by atoms with Crippen molar-refractivity contribution in [3.8, 4) is 11.5 Å². The molecule has 0 aliphatic rings. The van der Waals surface area contributed by atoms with Crippen LogP contribution in [0.15, 0.2) is 90.5 Å². The molecule has 0 aromatic heterocycles. The first-order chi connectivity index (χ1) is 14.6. The monoisotopic (exact) mass is 422 g/mol. The summed E-state index contributed by atoms with van der Waals surface area (Å²) in [6, 6.07) is 26.3. The maximum atomic E-state index is 6.74. The van der Waals surface area contributed by atoms with Crippen LogP contribution in [0.1, 0.15) is 23.6 Å². The lowest BCUT2D eigenvalue weighted by Gasteiger charge is -2.36. The summed E-state index contributed by atoms with van der Waals surface area (Å²) in [6.07, 6.45) is 1.97. The van der Waals surface area contributed by atoms with Gasteiger partial charge in [-0.25, -0.2) is 0 Å². The number of allylic oxidation sites excluding steroid dienone is 1. The van der Waals surface area contributed by atoms with Crippen LogP contribution in [0, 0.1) is 0 Å². The van der Waals surface area contributed by atoms with Gasteiger partial charge in [0.15, 0.2) is 0 Å². The van der Waals surface area contributed by atoms with E-state index in [1.165, 1.54) is 0 Å². The lowest BCUT2D eigenvalue weighted by molar-refractivity contribution is 0.0277. The Morgan fingerprint density at radius 2 is 1.23 bits per heavy atom. The van der Waals surface area contributed by atoms with E-state index in [-0.39, 0.29) is 0 Å². The fourth-order valence-corrected chi connectivity index (χ4v) is 3.75. The Morgan fingerprint density at radius 3 is 1.67 bits per heavy atom. The van der Waals surface area contributed by atoms with Crippen LogP contribution in [0.5, 0.6) is 11.5 Å². The Hall–Kier alpha value is -2.75. The van der Waals surface area contributed by atoms with Gasteiger partial charge in [0.2, 0.25) is 0 Å². The largest absolute Gasteiger partial charge is 0.497 e. The van der Waals surface area contributed by atoms with Gasteiger partial charge in [-0.05, 0) is 47.9 Å². The summed E-state index contributed by atoms with van der Waals surface area (Å²) in [5, 5.41) is 0. The molecule has 3 nitrogen and oxygen atoms in total. The van der Waals surface area contributed by atoms with Crippen molar-refractivity contribution in [3.63, 3.8) is 0 Å².